The van der Waals surface area contributed by atoms with Crippen LogP contribution in [0.1, 0.15) is 28.4 Å². The fraction of sp³-hybridized carbons (Fsp3) is 0.103. The van der Waals surface area contributed by atoms with E-state index in [1.54, 1.807) is 36.4 Å². The second kappa shape index (κ2) is 16.4. The topological polar surface area (TPSA) is 121 Å². The Morgan fingerprint density at radius 3 is 1.87 bits per heavy atom. The fourth-order valence-corrected chi connectivity index (χ4v) is 3.09. The molecule has 2 N–H and O–H groups in total. The second-order valence-electron chi connectivity index (χ2n) is 7.88. The number of azo groups is 1. The molecule has 0 fully saturated rings. The Morgan fingerprint density at radius 1 is 0.872 bits per heavy atom. The molecular formula is C29H27CuN3O6. The molecule has 1 radical (unpaired) electrons. The summed E-state index contributed by atoms with van der Waals surface area (Å²) in [7, 11) is 0. The number of benzene rings is 3. The average Bonchev–Trinajstić information content (AvgIpc) is 2.92. The van der Waals surface area contributed by atoms with Gasteiger partial charge in [-0.25, -0.2) is 5.06 Å². The second-order valence-corrected chi connectivity index (χ2v) is 7.88. The number of rotatable bonds is 8. The van der Waals surface area contributed by atoms with Gasteiger partial charge >= 0.3 is 0 Å². The van der Waals surface area contributed by atoms with Crippen LogP contribution in [-0.2, 0) is 35.1 Å². The Kier molecular flexibility index (Phi) is 12.9. The van der Waals surface area contributed by atoms with E-state index in [0.717, 1.165) is 23.1 Å². The molecule has 3 aromatic carbocycles. The van der Waals surface area contributed by atoms with Crippen LogP contribution in [0.4, 0.5) is 0 Å². The first-order valence-corrected chi connectivity index (χ1v) is 11.6. The Bertz CT molecular complexity index is 1280. The normalized spacial score (nSPS) is 12.9. The number of carboxylic acids is 1. The van der Waals surface area contributed by atoms with E-state index in [9.17, 15) is 10.0 Å². The maximum atomic E-state index is 12.7. The zero-order valence-electron chi connectivity index (χ0n) is 21.0. The van der Waals surface area contributed by atoms with Gasteiger partial charge in [0.1, 0.15) is 24.7 Å². The molecule has 39 heavy (non-hydrogen) atoms. The van der Waals surface area contributed by atoms with Crippen molar-refractivity contribution in [3.8, 4) is 11.5 Å². The molecule has 0 atom stereocenters. The van der Waals surface area contributed by atoms with Gasteiger partial charge in [-0.15, -0.1) is 5.11 Å². The first-order chi connectivity index (χ1) is 18.4. The SMILES string of the molecule is CC(=O)O.O=C(N=N/C=C1/C=CC=CN1O)c1cc(OCc2ccccc2)cc(OCc2ccccc2)c1.[Cu]. The molecule has 4 rings (SSSR count). The molecular weight excluding hydrogens is 550 g/mol. The van der Waals surface area contributed by atoms with Crippen molar-refractivity contribution in [2.45, 2.75) is 20.1 Å². The standard InChI is InChI=1S/C27H23N3O4.C2H4O2.Cu/c31-27(29-28-18-24-13-7-8-14-30(24)32)23-15-25(33-19-21-9-3-1-4-10-21)17-26(16-23)34-20-22-11-5-2-6-12-22;1-2(3)4;/h1-18,32H,19-20H2;1H3,(H,3,4);/b24-18-,29-28?;;. The minimum Gasteiger partial charge on any atom is -0.489 e. The number of allylic oxidation sites excluding steroid dienone is 3. The average molecular weight is 577 g/mol. The van der Waals surface area contributed by atoms with Gasteiger partial charge < -0.3 is 14.6 Å². The van der Waals surface area contributed by atoms with Gasteiger partial charge in [-0.3, -0.25) is 14.8 Å². The summed E-state index contributed by atoms with van der Waals surface area (Å²) in [4.78, 5) is 21.7. The molecule has 0 saturated heterocycles. The van der Waals surface area contributed by atoms with Crippen molar-refractivity contribution in [3.63, 3.8) is 0 Å². The van der Waals surface area contributed by atoms with E-state index >= 15 is 0 Å². The Hall–Kier alpha value is -4.50. The molecule has 1 amide bonds. The van der Waals surface area contributed by atoms with Gasteiger partial charge in [-0.05, 0) is 35.4 Å². The summed E-state index contributed by atoms with van der Waals surface area (Å²) in [6.07, 6.45) is 7.78. The van der Waals surface area contributed by atoms with Crippen LogP contribution in [0.25, 0.3) is 0 Å². The smallest absolute Gasteiger partial charge is 0.300 e. The molecule has 205 valence electrons. The Labute approximate surface area is 236 Å². The van der Waals surface area contributed by atoms with Gasteiger partial charge in [0.15, 0.2) is 0 Å². The minimum atomic E-state index is -0.833. The summed E-state index contributed by atoms with van der Waals surface area (Å²) in [6.45, 7) is 1.77. The third kappa shape index (κ3) is 11.2. The molecule has 0 aliphatic carbocycles. The Balaban J connectivity index is 0.000000998. The van der Waals surface area contributed by atoms with Crippen molar-refractivity contribution in [3.05, 3.63) is 132 Å². The first kappa shape index (κ1) is 30.7. The van der Waals surface area contributed by atoms with Crippen LogP contribution in [0.5, 0.6) is 11.5 Å². The molecule has 0 aromatic heterocycles. The maximum absolute atomic E-state index is 12.7. The van der Waals surface area contributed by atoms with Gasteiger partial charge in [-0.2, -0.15) is 5.11 Å². The first-order valence-electron chi connectivity index (χ1n) is 11.6. The zero-order chi connectivity index (χ0) is 27.2. The predicted molar refractivity (Wildman–Crippen MR) is 140 cm³/mol. The molecule has 1 aliphatic heterocycles. The van der Waals surface area contributed by atoms with Gasteiger partial charge in [0.25, 0.3) is 11.9 Å². The third-order valence-corrected chi connectivity index (χ3v) is 4.83. The quantitative estimate of drug-likeness (QED) is 0.244. The number of aliphatic carboxylic acids is 1. The number of amides is 1. The monoisotopic (exact) mass is 576 g/mol. The van der Waals surface area contributed by atoms with E-state index < -0.39 is 11.9 Å². The van der Waals surface area contributed by atoms with Crippen LogP contribution < -0.4 is 9.47 Å². The number of ether oxygens (including phenoxy) is 2. The molecule has 0 unspecified atom stereocenters. The molecule has 0 spiro atoms. The summed E-state index contributed by atoms with van der Waals surface area (Å²) in [5.41, 5.74) is 2.66. The largest absolute Gasteiger partial charge is 0.489 e. The zero-order valence-corrected chi connectivity index (χ0v) is 21.9. The van der Waals surface area contributed by atoms with Crippen LogP contribution in [-0.4, -0.2) is 27.3 Å². The van der Waals surface area contributed by atoms with Crippen molar-refractivity contribution in [1.82, 2.24) is 5.06 Å². The molecule has 0 bridgehead atoms. The van der Waals surface area contributed by atoms with Crippen molar-refractivity contribution in [2.75, 3.05) is 0 Å². The van der Waals surface area contributed by atoms with E-state index in [0.29, 0.717) is 30.4 Å². The van der Waals surface area contributed by atoms with Crippen LogP contribution >= 0.6 is 0 Å². The minimum absolute atomic E-state index is 0. The van der Waals surface area contributed by atoms with E-state index in [4.69, 9.17) is 19.4 Å². The summed E-state index contributed by atoms with van der Waals surface area (Å²) in [6, 6.07) is 24.4. The molecule has 9 nitrogen and oxygen atoms in total. The number of nitrogens with zero attached hydrogens (tertiary/aromatic N) is 3. The van der Waals surface area contributed by atoms with E-state index in [-0.39, 0.29) is 22.6 Å². The summed E-state index contributed by atoms with van der Waals surface area (Å²) < 4.78 is 11.8. The number of hydrogen-bond donors (Lipinski definition) is 2. The van der Waals surface area contributed by atoms with Gasteiger partial charge in [0.05, 0.1) is 17.5 Å². The van der Waals surface area contributed by atoms with E-state index in [2.05, 4.69) is 10.2 Å². The van der Waals surface area contributed by atoms with Gasteiger partial charge in [0.2, 0.25) is 0 Å². The van der Waals surface area contributed by atoms with Crippen molar-refractivity contribution >= 4 is 11.9 Å². The molecule has 3 aromatic rings. The fourth-order valence-electron chi connectivity index (χ4n) is 3.09. The van der Waals surface area contributed by atoms with Gasteiger partial charge in [-0.1, -0.05) is 66.7 Å². The van der Waals surface area contributed by atoms with Crippen LogP contribution in [0.2, 0.25) is 0 Å². The molecule has 1 heterocycles. The number of carboxylic acid groups (broad SMARTS) is 1. The number of carbonyl (C=O) groups is 2. The van der Waals surface area contributed by atoms with E-state index in [1.807, 2.05) is 60.7 Å². The number of hydrogen-bond acceptors (Lipinski definition) is 7. The summed E-state index contributed by atoms with van der Waals surface area (Å²) >= 11 is 0. The summed E-state index contributed by atoms with van der Waals surface area (Å²) in [5, 5.41) is 25.6. The maximum Gasteiger partial charge on any atom is 0.300 e. The summed E-state index contributed by atoms with van der Waals surface area (Å²) in [5.74, 6) is -0.437. The number of carbonyl (C=O) groups excluding carboxylic acids is 1. The predicted octanol–water partition coefficient (Wildman–Crippen LogP) is 6.14. The van der Waals surface area contributed by atoms with Crippen LogP contribution in [0, 0.1) is 0 Å². The van der Waals surface area contributed by atoms with Crippen LogP contribution in [0.3, 0.4) is 0 Å². The van der Waals surface area contributed by atoms with Gasteiger partial charge in [0, 0.05) is 36.3 Å². The van der Waals surface area contributed by atoms with Crippen molar-refractivity contribution < 1.29 is 46.4 Å². The van der Waals surface area contributed by atoms with Crippen molar-refractivity contribution in [2.24, 2.45) is 10.2 Å². The Morgan fingerprint density at radius 2 is 1.38 bits per heavy atom. The van der Waals surface area contributed by atoms with E-state index in [1.165, 1.54) is 12.4 Å². The van der Waals surface area contributed by atoms with Crippen molar-refractivity contribution in [1.29, 1.82) is 0 Å². The third-order valence-electron chi connectivity index (χ3n) is 4.83. The number of hydroxylamine groups is 2. The molecule has 1 aliphatic rings. The van der Waals surface area contributed by atoms with Crippen LogP contribution in [0.15, 0.2) is 125 Å². The molecule has 10 heteroatoms. The molecule has 0 saturated carbocycles.